The van der Waals surface area contributed by atoms with Crippen molar-refractivity contribution in [3.63, 3.8) is 0 Å². The van der Waals surface area contributed by atoms with Crippen molar-refractivity contribution in [3.8, 4) is 0 Å². The summed E-state index contributed by atoms with van der Waals surface area (Å²) < 4.78 is 9.69. The molecule has 1 heterocycles. The number of alkyl halides is 1. The molecule has 0 bridgehead atoms. The van der Waals surface area contributed by atoms with Crippen LogP contribution in [-0.4, -0.2) is 97.4 Å². The molecular formula is C17H32ClNO10Pt. The fraction of sp³-hybridized carbons (Fsp3) is 0.824. The molecule has 7 N–H and O–H groups in total. The van der Waals surface area contributed by atoms with E-state index in [0.717, 1.165) is 0 Å². The van der Waals surface area contributed by atoms with Gasteiger partial charge >= 0.3 is 33.0 Å². The van der Waals surface area contributed by atoms with Crippen LogP contribution in [0.15, 0.2) is 0 Å². The maximum absolute atomic E-state index is 10.8. The molecule has 0 radical (unpaired) electrons. The third kappa shape index (κ3) is 12.5. The SMILES string of the molecule is CC(C)[NH-].O=C(O)C(Cl)(COC1O[C@H](CO)[C@@H](O)[C@H](O)[C@H]1O)C(=O)O.[CH2-]C(C)C.[Pt+2]. The summed E-state index contributed by atoms with van der Waals surface area (Å²) in [5, 5.41) is 55.1. The molecule has 1 saturated heterocycles. The van der Waals surface area contributed by atoms with Gasteiger partial charge in [0.05, 0.1) is 13.2 Å². The van der Waals surface area contributed by atoms with E-state index in [-0.39, 0.29) is 27.1 Å². The van der Waals surface area contributed by atoms with Crippen LogP contribution in [0.25, 0.3) is 5.73 Å². The van der Waals surface area contributed by atoms with Crippen LogP contribution >= 0.6 is 11.6 Å². The van der Waals surface area contributed by atoms with Crippen molar-refractivity contribution < 1.29 is 70.8 Å². The van der Waals surface area contributed by atoms with E-state index in [4.69, 9.17) is 42.1 Å². The zero-order chi connectivity index (χ0) is 23.5. The number of rotatable bonds is 6. The molecule has 1 fully saturated rings. The first-order valence-corrected chi connectivity index (χ1v) is 9.11. The van der Waals surface area contributed by atoms with Gasteiger partial charge in [-0.2, -0.15) is 5.92 Å². The molecular weight excluding hydrogens is 609 g/mol. The van der Waals surface area contributed by atoms with Gasteiger partial charge in [0.15, 0.2) is 6.29 Å². The monoisotopic (exact) mass is 640 g/mol. The standard InChI is InChI=1S/C10H15ClO10.C4H9.C3H8N.Pt/c11-10(8(16)17,9(18)19)2-20-7-6(15)5(14)4(13)3(1-12)21-7;1-4(2)3;1-3(2)4;/h3-7,12-15H,1-2H2,(H,16,17)(H,18,19);4H,1H2,2-3H3;3-4H,1-2H3;/q;2*-1;+2/t3-,4-,5+,6-,7?;;;/m1.../s1. The summed E-state index contributed by atoms with van der Waals surface area (Å²) in [6.45, 7) is 9.62. The van der Waals surface area contributed by atoms with E-state index in [1.54, 1.807) is 0 Å². The van der Waals surface area contributed by atoms with Crippen LogP contribution in [0.3, 0.4) is 0 Å². The normalized spacial score (nSPS) is 26.0. The van der Waals surface area contributed by atoms with Crippen LogP contribution in [0.2, 0.25) is 0 Å². The number of carbonyl (C=O) groups is 2. The summed E-state index contributed by atoms with van der Waals surface area (Å²) in [5.41, 5.74) is 6.58. The molecule has 0 aliphatic carbocycles. The van der Waals surface area contributed by atoms with Gasteiger partial charge in [-0.05, 0) is 0 Å². The second kappa shape index (κ2) is 16.3. The van der Waals surface area contributed by atoms with Gasteiger partial charge in [-0.3, -0.25) is 0 Å². The predicted molar refractivity (Wildman–Crippen MR) is 103 cm³/mol. The Morgan fingerprint density at radius 1 is 1.10 bits per heavy atom. The molecule has 13 heteroatoms. The maximum atomic E-state index is 10.8. The number of halogens is 1. The Balaban J connectivity index is -0.000000692. The minimum absolute atomic E-state index is 0. The Hall–Kier alpha value is -0.362. The van der Waals surface area contributed by atoms with E-state index in [0.29, 0.717) is 5.92 Å². The molecule has 0 aromatic rings. The van der Waals surface area contributed by atoms with E-state index in [2.05, 4.69) is 20.8 Å². The Morgan fingerprint density at radius 3 is 1.77 bits per heavy atom. The zero-order valence-corrected chi connectivity index (χ0v) is 20.2. The molecule has 5 atom stereocenters. The summed E-state index contributed by atoms with van der Waals surface area (Å²) in [4.78, 5) is 18.8. The fourth-order valence-electron chi connectivity index (χ4n) is 1.62. The van der Waals surface area contributed by atoms with Crippen LogP contribution in [0.4, 0.5) is 0 Å². The van der Waals surface area contributed by atoms with E-state index in [1.807, 2.05) is 13.8 Å². The molecule has 1 unspecified atom stereocenters. The molecule has 1 aliphatic rings. The number of ether oxygens (including phenoxy) is 2. The van der Waals surface area contributed by atoms with E-state index >= 15 is 0 Å². The fourth-order valence-corrected chi connectivity index (χ4v) is 1.68. The molecule has 0 saturated carbocycles. The zero-order valence-electron chi connectivity index (χ0n) is 17.2. The third-order valence-electron chi connectivity index (χ3n) is 2.97. The van der Waals surface area contributed by atoms with Crippen molar-refractivity contribution in [2.75, 3.05) is 13.2 Å². The van der Waals surface area contributed by atoms with Crippen molar-refractivity contribution >= 4 is 23.5 Å². The first-order chi connectivity index (χ1) is 13.1. The average molecular weight is 641 g/mol. The maximum Gasteiger partial charge on any atom is 2.00 e. The molecule has 11 nitrogen and oxygen atoms in total. The largest absolute Gasteiger partial charge is 2.00 e. The summed E-state index contributed by atoms with van der Waals surface area (Å²) in [6, 6.07) is 0.0833. The average Bonchev–Trinajstić information content (AvgIpc) is 2.57. The molecule has 1 rings (SSSR count). The van der Waals surface area contributed by atoms with Crippen molar-refractivity contribution in [2.24, 2.45) is 5.92 Å². The van der Waals surface area contributed by atoms with Crippen LogP contribution < -0.4 is 0 Å². The van der Waals surface area contributed by atoms with E-state index < -0.39 is 60.7 Å². The predicted octanol–water partition coefficient (Wildman–Crippen LogP) is -0.129. The second-order valence-electron chi connectivity index (χ2n) is 6.97. The molecule has 30 heavy (non-hydrogen) atoms. The van der Waals surface area contributed by atoms with Gasteiger partial charge in [0.2, 0.25) is 0 Å². The number of aliphatic carboxylic acids is 2. The van der Waals surface area contributed by atoms with Gasteiger partial charge in [0, 0.05) is 0 Å². The van der Waals surface area contributed by atoms with Crippen molar-refractivity contribution in [3.05, 3.63) is 12.7 Å². The van der Waals surface area contributed by atoms with Crippen LogP contribution in [0.5, 0.6) is 0 Å². The minimum Gasteiger partial charge on any atom is -0.675 e. The number of hydrogen-bond acceptors (Lipinski definition) is 8. The quantitative estimate of drug-likeness (QED) is 0.129. The van der Waals surface area contributed by atoms with Crippen molar-refractivity contribution in [2.45, 2.75) is 69.3 Å². The number of carboxylic acids is 2. The van der Waals surface area contributed by atoms with Gasteiger partial charge in [0.25, 0.3) is 4.87 Å². The smallest absolute Gasteiger partial charge is 0.675 e. The number of nitrogens with one attached hydrogen (secondary N) is 1. The topological polar surface area (TPSA) is 198 Å². The Bertz CT molecular complexity index is 470. The third-order valence-corrected chi connectivity index (χ3v) is 3.41. The van der Waals surface area contributed by atoms with Gasteiger partial charge in [-0.15, -0.1) is 6.04 Å². The summed E-state index contributed by atoms with van der Waals surface area (Å²) in [5.74, 6) is -3.19. The van der Waals surface area contributed by atoms with Crippen LogP contribution in [-0.2, 0) is 40.1 Å². The van der Waals surface area contributed by atoms with Gasteiger partial charge in [-0.1, -0.05) is 39.3 Å². The summed E-state index contributed by atoms with van der Waals surface area (Å²) >= 11 is 5.39. The number of hydrogen-bond donors (Lipinski definition) is 6. The molecule has 0 amide bonds. The van der Waals surface area contributed by atoms with Crippen molar-refractivity contribution in [1.29, 1.82) is 0 Å². The first kappa shape index (κ1) is 34.3. The second-order valence-corrected chi connectivity index (χ2v) is 7.61. The van der Waals surface area contributed by atoms with Crippen molar-refractivity contribution in [1.82, 2.24) is 0 Å². The minimum atomic E-state index is -2.81. The first-order valence-electron chi connectivity index (χ1n) is 8.73. The molecule has 0 aromatic carbocycles. The summed E-state index contributed by atoms with van der Waals surface area (Å²) in [6.07, 6.45) is -8.08. The van der Waals surface area contributed by atoms with E-state index in [9.17, 15) is 24.9 Å². The van der Waals surface area contributed by atoms with E-state index in [1.165, 1.54) is 0 Å². The molecule has 1 aliphatic heterocycles. The van der Waals surface area contributed by atoms with Crippen LogP contribution in [0, 0.1) is 12.8 Å². The van der Waals surface area contributed by atoms with Crippen LogP contribution in [0.1, 0.15) is 27.7 Å². The summed E-state index contributed by atoms with van der Waals surface area (Å²) in [7, 11) is 0. The Morgan fingerprint density at radius 2 is 1.47 bits per heavy atom. The Kier molecular flexibility index (Phi) is 18.6. The number of aliphatic hydroxyl groups is 4. The molecule has 0 spiro atoms. The molecule has 182 valence electrons. The van der Waals surface area contributed by atoms with Gasteiger partial charge < -0.3 is 52.8 Å². The Labute approximate surface area is 195 Å². The molecule has 0 aromatic heterocycles. The van der Waals surface area contributed by atoms with Gasteiger partial charge in [-0.25, -0.2) is 9.59 Å². The van der Waals surface area contributed by atoms with Gasteiger partial charge in [0.1, 0.15) is 24.4 Å². The number of carboxylic acid groups (broad SMARTS) is 2. The number of aliphatic hydroxyl groups excluding tert-OH is 4.